The van der Waals surface area contributed by atoms with Crippen LogP contribution in [0.15, 0.2) is 0 Å². The van der Waals surface area contributed by atoms with Gasteiger partial charge in [-0.1, -0.05) is 0 Å². The minimum absolute atomic E-state index is 0.845. The highest BCUT2D eigenvalue weighted by atomic mass is 17.2. The molecule has 0 aliphatic heterocycles. The molecule has 0 saturated heterocycles. The standard InChI is InChI=1S/C3H6O4/c1-5-3(4)7-6-2/h1-2H3. The fraction of sp³-hybridized carbons (Fsp3) is 0.667. The molecule has 0 amide bonds. The van der Waals surface area contributed by atoms with E-state index in [0.29, 0.717) is 0 Å². The summed E-state index contributed by atoms with van der Waals surface area (Å²) in [6.45, 7) is 0. The Labute approximate surface area is 40.9 Å². The van der Waals surface area contributed by atoms with E-state index in [1.54, 1.807) is 0 Å². The molecule has 7 heavy (non-hydrogen) atoms. The number of hydrogen-bond donors (Lipinski definition) is 0. The van der Waals surface area contributed by atoms with Crippen molar-refractivity contribution in [2.45, 2.75) is 0 Å². The number of hydrogen-bond acceptors (Lipinski definition) is 4. The van der Waals surface area contributed by atoms with Crippen molar-refractivity contribution in [1.29, 1.82) is 0 Å². The van der Waals surface area contributed by atoms with Gasteiger partial charge in [0.25, 0.3) is 0 Å². The molecule has 0 aliphatic carbocycles. The van der Waals surface area contributed by atoms with E-state index >= 15 is 0 Å². The van der Waals surface area contributed by atoms with E-state index in [-0.39, 0.29) is 0 Å². The number of ether oxygens (including phenoxy) is 1. The Hall–Kier alpha value is -0.770. The van der Waals surface area contributed by atoms with Gasteiger partial charge in [0.2, 0.25) is 0 Å². The van der Waals surface area contributed by atoms with Gasteiger partial charge in [-0.05, 0) is 0 Å². The van der Waals surface area contributed by atoms with Crippen molar-refractivity contribution >= 4 is 6.16 Å². The van der Waals surface area contributed by atoms with Gasteiger partial charge in [-0.2, -0.15) is 4.89 Å². The quantitative estimate of drug-likeness (QED) is 0.274. The molecule has 4 nitrogen and oxygen atoms in total. The van der Waals surface area contributed by atoms with Gasteiger partial charge in [0.15, 0.2) is 0 Å². The van der Waals surface area contributed by atoms with Crippen molar-refractivity contribution < 1.29 is 19.3 Å². The maximum atomic E-state index is 9.84. The molecule has 0 unspecified atom stereocenters. The van der Waals surface area contributed by atoms with E-state index in [0.717, 1.165) is 0 Å². The van der Waals surface area contributed by atoms with Crippen LogP contribution in [-0.4, -0.2) is 20.4 Å². The summed E-state index contributed by atoms with van der Waals surface area (Å²) in [5.74, 6) is 0. The molecular weight excluding hydrogens is 100 g/mol. The Balaban J connectivity index is 3.00. The van der Waals surface area contributed by atoms with E-state index in [2.05, 4.69) is 14.5 Å². The maximum absolute atomic E-state index is 9.84. The summed E-state index contributed by atoms with van der Waals surface area (Å²) in [4.78, 5) is 17.6. The summed E-state index contributed by atoms with van der Waals surface area (Å²) in [5, 5.41) is 0. The third-order valence-corrected chi connectivity index (χ3v) is 0.318. The SMILES string of the molecule is COOC(=O)OC. The average Bonchev–Trinajstić information content (AvgIpc) is 1.68. The lowest BCUT2D eigenvalue weighted by atomic mass is 11.4. The van der Waals surface area contributed by atoms with Gasteiger partial charge in [0.05, 0.1) is 14.2 Å². The van der Waals surface area contributed by atoms with Crippen molar-refractivity contribution in [3.8, 4) is 0 Å². The van der Waals surface area contributed by atoms with Gasteiger partial charge >= 0.3 is 6.16 Å². The molecule has 0 bridgehead atoms. The molecule has 0 fully saturated rings. The summed E-state index contributed by atoms with van der Waals surface area (Å²) in [5.41, 5.74) is 0. The largest absolute Gasteiger partial charge is 0.540 e. The molecule has 0 aromatic heterocycles. The number of methoxy groups -OCH3 is 1. The first kappa shape index (κ1) is 6.23. The number of rotatable bonds is 1. The van der Waals surface area contributed by atoms with E-state index in [9.17, 15) is 4.79 Å². The third-order valence-electron chi connectivity index (χ3n) is 0.318. The normalized spacial score (nSPS) is 7.71. The van der Waals surface area contributed by atoms with E-state index in [4.69, 9.17) is 0 Å². The van der Waals surface area contributed by atoms with Crippen LogP contribution in [0.2, 0.25) is 0 Å². The summed E-state index contributed by atoms with van der Waals surface area (Å²) in [6.07, 6.45) is -0.845. The van der Waals surface area contributed by atoms with Crippen molar-refractivity contribution in [2.24, 2.45) is 0 Å². The second-order valence-corrected chi connectivity index (χ2v) is 0.704. The second kappa shape index (κ2) is 3.42. The van der Waals surface area contributed by atoms with Crippen LogP contribution in [-0.2, 0) is 14.5 Å². The topological polar surface area (TPSA) is 44.8 Å². The van der Waals surface area contributed by atoms with Crippen LogP contribution in [0.1, 0.15) is 0 Å². The lowest BCUT2D eigenvalue weighted by Crippen LogP contribution is -2.01. The molecule has 0 atom stereocenters. The van der Waals surface area contributed by atoms with Crippen LogP contribution in [0.4, 0.5) is 4.79 Å². The predicted octanol–water partition coefficient (Wildman–Crippen LogP) is 0.331. The Morgan fingerprint density at radius 2 is 2.00 bits per heavy atom. The zero-order valence-corrected chi connectivity index (χ0v) is 4.13. The predicted molar refractivity (Wildman–Crippen MR) is 20.5 cm³/mol. The highest BCUT2D eigenvalue weighted by Gasteiger charge is 1.95. The van der Waals surface area contributed by atoms with Crippen LogP contribution in [0.3, 0.4) is 0 Å². The van der Waals surface area contributed by atoms with Crippen molar-refractivity contribution in [2.75, 3.05) is 14.2 Å². The van der Waals surface area contributed by atoms with E-state index in [1.807, 2.05) is 0 Å². The van der Waals surface area contributed by atoms with Crippen LogP contribution < -0.4 is 0 Å². The Morgan fingerprint density at radius 3 is 2.14 bits per heavy atom. The molecule has 0 saturated carbocycles. The molecule has 0 heterocycles. The van der Waals surface area contributed by atoms with Crippen LogP contribution in [0.25, 0.3) is 0 Å². The fourth-order valence-electron chi connectivity index (χ4n) is 0.102. The molecule has 42 valence electrons. The van der Waals surface area contributed by atoms with Crippen LogP contribution >= 0.6 is 0 Å². The van der Waals surface area contributed by atoms with Crippen LogP contribution in [0, 0.1) is 0 Å². The van der Waals surface area contributed by atoms with Gasteiger partial charge in [0.1, 0.15) is 0 Å². The monoisotopic (exact) mass is 106 g/mol. The van der Waals surface area contributed by atoms with Gasteiger partial charge in [-0.3, -0.25) is 4.89 Å². The zero-order valence-electron chi connectivity index (χ0n) is 4.13. The highest BCUT2D eigenvalue weighted by molar-refractivity contribution is 5.58. The van der Waals surface area contributed by atoms with Gasteiger partial charge < -0.3 is 4.74 Å². The minimum atomic E-state index is -0.845. The smallest absolute Gasteiger partial charge is 0.436 e. The molecule has 0 spiro atoms. The Kier molecular flexibility index (Phi) is 3.04. The molecule has 0 aliphatic rings. The minimum Gasteiger partial charge on any atom is -0.436 e. The lowest BCUT2D eigenvalue weighted by Gasteiger charge is -1.92. The summed E-state index contributed by atoms with van der Waals surface area (Å²) >= 11 is 0. The average molecular weight is 106 g/mol. The molecular formula is C3H6O4. The lowest BCUT2D eigenvalue weighted by molar-refractivity contribution is -0.229. The molecule has 0 aromatic rings. The zero-order chi connectivity index (χ0) is 5.70. The van der Waals surface area contributed by atoms with Crippen molar-refractivity contribution in [3.63, 3.8) is 0 Å². The summed E-state index contributed by atoms with van der Waals surface area (Å²) in [7, 11) is 2.41. The maximum Gasteiger partial charge on any atom is 0.540 e. The number of carbonyl (C=O) groups is 1. The van der Waals surface area contributed by atoms with E-state index in [1.165, 1.54) is 14.2 Å². The van der Waals surface area contributed by atoms with Crippen molar-refractivity contribution in [3.05, 3.63) is 0 Å². The van der Waals surface area contributed by atoms with Gasteiger partial charge in [-0.25, -0.2) is 4.79 Å². The first-order valence-corrected chi connectivity index (χ1v) is 1.60. The van der Waals surface area contributed by atoms with Crippen molar-refractivity contribution in [1.82, 2.24) is 0 Å². The first-order chi connectivity index (χ1) is 3.31. The van der Waals surface area contributed by atoms with E-state index < -0.39 is 6.16 Å². The fourth-order valence-corrected chi connectivity index (χ4v) is 0.102. The summed E-state index contributed by atoms with van der Waals surface area (Å²) < 4.78 is 4.00. The molecule has 0 radical (unpaired) electrons. The molecule has 0 N–H and O–H groups in total. The Morgan fingerprint density at radius 1 is 1.43 bits per heavy atom. The Bertz CT molecular complexity index is 60.0. The highest BCUT2D eigenvalue weighted by Crippen LogP contribution is 1.78. The molecule has 4 heteroatoms. The van der Waals surface area contributed by atoms with Gasteiger partial charge in [0, 0.05) is 0 Å². The van der Waals surface area contributed by atoms with Crippen LogP contribution in [0.5, 0.6) is 0 Å². The molecule has 0 rings (SSSR count). The third kappa shape index (κ3) is 3.05. The summed E-state index contributed by atoms with van der Waals surface area (Å²) in [6, 6.07) is 0. The number of carbonyl (C=O) groups excluding carboxylic acids is 1. The molecule has 0 aromatic carbocycles. The van der Waals surface area contributed by atoms with Gasteiger partial charge in [-0.15, -0.1) is 0 Å². The second-order valence-electron chi connectivity index (χ2n) is 0.704. The first-order valence-electron chi connectivity index (χ1n) is 1.60.